The number of carbonyl (C=O) groups is 1. The number of hydrogen-bond acceptors (Lipinski definition) is 2. The van der Waals surface area contributed by atoms with E-state index in [1.165, 1.54) is 557 Å². The van der Waals surface area contributed by atoms with E-state index >= 15 is 0 Å². The van der Waals surface area contributed by atoms with E-state index in [1.54, 1.807) is 43.0 Å². The highest BCUT2D eigenvalue weighted by atomic mass is 35.5. The summed E-state index contributed by atoms with van der Waals surface area (Å²) >= 11 is 5.50. The zero-order chi connectivity index (χ0) is 80.0. The van der Waals surface area contributed by atoms with E-state index in [1.807, 2.05) is 0 Å². The maximum absolute atomic E-state index is 10.2. The van der Waals surface area contributed by atoms with Crippen LogP contribution >= 0.6 is 11.6 Å². The number of hydrogen-bond donors (Lipinski definition) is 0. The van der Waals surface area contributed by atoms with Crippen molar-refractivity contribution in [1.82, 2.24) is 0 Å². The van der Waals surface area contributed by atoms with E-state index in [-0.39, 0.29) is 5.56 Å². The number of carbonyl (C=O) groups excluding carboxylic acids is 1. The van der Waals surface area contributed by atoms with E-state index in [4.69, 9.17) is 11.6 Å². The summed E-state index contributed by atoms with van der Waals surface area (Å²) in [5.41, 5.74) is 0.964. The Hall–Kier alpha value is -1.06. The van der Waals surface area contributed by atoms with Crippen molar-refractivity contribution in [3.8, 4) is 0 Å². The molecular formula is C106H206ClNO2. The number of unbranched alkanes of at least 4 members (excludes halogenated alkanes) is 73. The Balaban J connectivity index is 0.0000109. The normalized spacial score (nSPS) is 12.1. The van der Waals surface area contributed by atoms with Gasteiger partial charge < -0.3 is 14.4 Å². The average molecular weight is 1560 g/mol. The molecule has 0 fully saturated rings. The molecule has 1 rings (SSSR count). The molecule has 0 aliphatic heterocycles. The maximum atomic E-state index is 10.2. The largest absolute Gasteiger partial charge is 0.545 e. The summed E-state index contributed by atoms with van der Waals surface area (Å²) < 4.78 is 1.60. The molecule has 0 radical (unpaired) electrons. The summed E-state index contributed by atoms with van der Waals surface area (Å²) in [6.45, 7) is 22.2. The van der Waals surface area contributed by atoms with Gasteiger partial charge in [-0.25, -0.2) is 0 Å². The molecule has 0 saturated carbocycles. The molecule has 0 saturated heterocycles. The third kappa shape index (κ3) is 64.9. The number of carboxylic acids is 1. The molecule has 0 aliphatic rings. The molecule has 3 nitrogen and oxygen atoms in total. The quantitative estimate of drug-likeness (QED) is 0.0482. The molecule has 0 N–H and O–H groups in total. The second kappa shape index (κ2) is 87.3. The van der Waals surface area contributed by atoms with Crippen molar-refractivity contribution < 1.29 is 14.4 Å². The number of carboxylic acid groups (broad SMARTS) is 1. The van der Waals surface area contributed by atoms with Gasteiger partial charge in [0.1, 0.15) is 0 Å². The first kappa shape index (κ1) is 109. The van der Waals surface area contributed by atoms with Crippen LogP contribution in [0.2, 0.25) is 5.02 Å². The van der Waals surface area contributed by atoms with Gasteiger partial charge in [-0.1, -0.05) is 535 Å². The molecule has 0 amide bonds. The summed E-state index contributed by atoms with van der Waals surface area (Å²) in [5, 5.41) is 10.7. The van der Waals surface area contributed by atoms with E-state index < -0.39 is 5.97 Å². The van der Waals surface area contributed by atoms with Crippen molar-refractivity contribution in [2.45, 2.75) is 625 Å². The lowest BCUT2D eigenvalue weighted by Crippen LogP contribution is -2.75. The molecule has 1 aromatic carbocycles. The fraction of sp³-hybridized carbons (Fsp3) is 0.934. The van der Waals surface area contributed by atoms with Gasteiger partial charge >= 0.3 is 0 Å². The third-order valence-electron chi connectivity index (χ3n) is 26.9. The molecule has 4 heteroatoms. The summed E-state index contributed by atoms with van der Waals surface area (Å²) in [5.74, 6) is -1.18. The Morgan fingerprint density at radius 2 is 0.345 bits per heavy atom. The fourth-order valence-electron chi connectivity index (χ4n) is 19.7. The first-order chi connectivity index (χ1) is 54.2. The van der Waals surface area contributed by atoms with Crippen molar-refractivity contribution in [3.63, 3.8) is 0 Å². The first-order valence-electron chi connectivity index (χ1n) is 52.0. The van der Waals surface area contributed by atoms with Crippen molar-refractivity contribution in [2.75, 3.05) is 13.1 Å². The Morgan fingerprint density at radius 3 is 0.482 bits per heavy atom. The Bertz CT molecular complexity index is 1690. The summed E-state index contributed by atoms with van der Waals surface area (Å²) in [6.07, 6.45) is 129. The Morgan fingerprint density at radius 1 is 0.218 bits per heavy atom. The standard InChI is InChI=1S/C99H202N.C7H5ClO2/c1-9-17-25-33-41-49-57-65-73-81-89-97-100(96-88-80-72-64-56-48-40-32-24-16-8,98(90-82-74-66-58-50-42-34-26-18-10-2,91-83-75-67-59-51-43-35-27-19-11-3)92-84-76-68-60-52-44-36-28-20-12-4)99(93-85-77-69-61-53-45-37-29-21-13-5,94-86-78-70-62-54-46-38-30-22-14-6)95-87-79-71-63-55-47-39-31-23-15-7;8-6-3-1-5(2-4-6)7(9)10/h9-97H2,1-8H3;1-4H,(H,9,10)/q+1;/p-1. The number of benzene rings is 1. The second-order valence-electron chi connectivity index (χ2n) is 37.0. The minimum absolute atomic E-state index is 0.143. The van der Waals surface area contributed by atoms with E-state index in [9.17, 15) is 9.90 Å². The van der Waals surface area contributed by atoms with Gasteiger partial charge in [0.05, 0.1) is 30.1 Å². The van der Waals surface area contributed by atoms with Gasteiger partial charge in [-0.2, -0.15) is 0 Å². The summed E-state index contributed by atoms with van der Waals surface area (Å²) in [7, 11) is 0. The average Bonchev–Trinajstić information content (AvgIpc) is 0.721. The molecule has 1 aromatic rings. The number of halogens is 1. The number of nitrogens with zero attached hydrogens (tertiary/aromatic N) is 1. The monoisotopic (exact) mass is 1560 g/mol. The lowest BCUT2D eigenvalue weighted by atomic mass is 9.68. The van der Waals surface area contributed by atoms with Crippen LogP contribution in [0.25, 0.3) is 0 Å². The van der Waals surface area contributed by atoms with Crippen LogP contribution in [-0.2, 0) is 0 Å². The van der Waals surface area contributed by atoms with E-state index in [0.717, 1.165) is 0 Å². The second-order valence-corrected chi connectivity index (χ2v) is 37.4. The molecule has 0 heterocycles. The van der Waals surface area contributed by atoms with Crippen LogP contribution in [0.4, 0.5) is 0 Å². The van der Waals surface area contributed by atoms with Crippen molar-refractivity contribution in [1.29, 1.82) is 0 Å². The van der Waals surface area contributed by atoms with Crippen molar-refractivity contribution in [3.05, 3.63) is 34.9 Å². The molecule has 0 unspecified atom stereocenters. The summed E-state index contributed by atoms with van der Waals surface area (Å²) in [6, 6.07) is 5.81. The van der Waals surface area contributed by atoms with Crippen LogP contribution in [0, 0.1) is 0 Å². The predicted octanol–water partition coefficient (Wildman–Crippen LogP) is 38.1. The van der Waals surface area contributed by atoms with Gasteiger partial charge in [0, 0.05) is 43.5 Å². The molecular weight excluding hydrogens is 1350 g/mol. The maximum Gasteiger partial charge on any atom is 0.0996 e. The minimum atomic E-state index is -1.18. The van der Waals surface area contributed by atoms with Crippen LogP contribution in [-0.4, -0.2) is 34.6 Å². The zero-order valence-electron chi connectivity index (χ0n) is 77.4. The van der Waals surface area contributed by atoms with Gasteiger partial charge in [-0.05, 0) is 81.9 Å². The zero-order valence-corrected chi connectivity index (χ0v) is 78.1. The van der Waals surface area contributed by atoms with Gasteiger partial charge in [0.2, 0.25) is 0 Å². The van der Waals surface area contributed by atoms with Crippen LogP contribution in [0.15, 0.2) is 24.3 Å². The molecule has 0 bridgehead atoms. The first-order valence-corrected chi connectivity index (χ1v) is 52.4. The number of quaternary nitrogens is 1. The summed E-state index contributed by atoms with van der Waals surface area (Å²) in [4.78, 5) is 10.2. The van der Waals surface area contributed by atoms with Crippen LogP contribution < -0.4 is 5.11 Å². The van der Waals surface area contributed by atoms with E-state index in [0.29, 0.717) is 16.1 Å². The number of rotatable bonds is 92. The molecule has 0 aromatic heterocycles. The smallest absolute Gasteiger partial charge is 0.0996 e. The Labute approximate surface area is 700 Å². The van der Waals surface area contributed by atoms with Gasteiger partial charge in [-0.3, -0.25) is 0 Å². The van der Waals surface area contributed by atoms with Gasteiger partial charge in [-0.15, -0.1) is 0 Å². The van der Waals surface area contributed by atoms with Crippen LogP contribution in [0.1, 0.15) is 624 Å². The SMILES string of the molecule is CCCCCCCCCCCCC[N+](CCCCCCCCCCCC)(C(CCCCCCCCCCCC)(CCCCCCCCCCCC)CCCCCCCCCCCC)C(CCCCCCCCCCCC)(CCCCCCCCCCCC)CCCCCCCCCCCC.O=C([O-])c1ccc(Cl)cc1. The molecule has 0 spiro atoms. The lowest BCUT2D eigenvalue weighted by molar-refractivity contribution is -1.02. The molecule has 654 valence electrons. The highest BCUT2D eigenvalue weighted by Crippen LogP contribution is 2.53. The number of aromatic carboxylic acids is 1. The van der Waals surface area contributed by atoms with Crippen molar-refractivity contribution in [2.24, 2.45) is 0 Å². The van der Waals surface area contributed by atoms with Crippen LogP contribution in [0.5, 0.6) is 0 Å². The van der Waals surface area contributed by atoms with Crippen molar-refractivity contribution >= 4 is 17.6 Å². The van der Waals surface area contributed by atoms with Gasteiger partial charge in [0.25, 0.3) is 0 Å². The fourth-order valence-corrected chi connectivity index (χ4v) is 19.9. The molecule has 0 aliphatic carbocycles. The van der Waals surface area contributed by atoms with Crippen LogP contribution in [0.3, 0.4) is 0 Å². The highest BCUT2D eigenvalue weighted by Gasteiger charge is 2.59. The molecule has 110 heavy (non-hydrogen) atoms. The predicted molar refractivity (Wildman–Crippen MR) is 498 cm³/mol. The molecule has 0 atom stereocenters. The minimum Gasteiger partial charge on any atom is -0.545 e. The highest BCUT2D eigenvalue weighted by molar-refractivity contribution is 6.30. The van der Waals surface area contributed by atoms with E-state index in [2.05, 4.69) is 55.4 Å². The van der Waals surface area contributed by atoms with Gasteiger partial charge in [0.15, 0.2) is 0 Å². The third-order valence-corrected chi connectivity index (χ3v) is 27.2. The topological polar surface area (TPSA) is 40.1 Å². The lowest BCUT2D eigenvalue weighted by Gasteiger charge is -2.65. The Kier molecular flexibility index (Phi) is 86.4.